The number of aryl methyl sites for hydroxylation is 1. The van der Waals surface area contributed by atoms with Gasteiger partial charge in [0.2, 0.25) is 0 Å². The van der Waals surface area contributed by atoms with E-state index in [0.29, 0.717) is 23.1 Å². The summed E-state index contributed by atoms with van der Waals surface area (Å²) in [4.78, 5) is 26.5. The number of fused-ring (bicyclic) bond motifs is 1. The van der Waals surface area contributed by atoms with Crippen LogP contribution in [0.3, 0.4) is 0 Å². The van der Waals surface area contributed by atoms with Crippen LogP contribution in [-0.4, -0.2) is 21.8 Å². The summed E-state index contributed by atoms with van der Waals surface area (Å²) in [7, 11) is 0. The van der Waals surface area contributed by atoms with Crippen molar-refractivity contribution < 1.29 is 22.8 Å². The van der Waals surface area contributed by atoms with Gasteiger partial charge in [-0.15, -0.1) is 0 Å². The van der Waals surface area contributed by atoms with Crippen LogP contribution in [-0.2, 0) is 5.41 Å². The summed E-state index contributed by atoms with van der Waals surface area (Å²) in [5, 5.41) is 8.28. The SMILES string of the molecule is CCC(=O)c1c(-c2ccc(F)cc2)oc2ccc(-c3cc(C(=O)CC4(c5cccnn5)CC4)ccc3C)c(F)c12. The Morgan fingerprint density at radius 3 is 2.40 bits per heavy atom. The van der Waals surface area contributed by atoms with Gasteiger partial charge in [0.05, 0.1) is 16.6 Å². The van der Waals surface area contributed by atoms with Gasteiger partial charge in [0.25, 0.3) is 0 Å². The Morgan fingerprint density at radius 1 is 0.950 bits per heavy atom. The zero-order chi connectivity index (χ0) is 28.0. The molecular formula is C33H26F2N2O3. The van der Waals surface area contributed by atoms with E-state index in [1.165, 1.54) is 24.3 Å². The topological polar surface area (TPSA) is 73.1 Å². The molecule has 6 rings (SSSR count). The first kappa shape index (κ1) is 25.7. The lowest BCUT2D eigenvalue weighted by molar-refractivity contribution is 0.0966. The summed E-state index contributed by atoms with van der Waals surface area (Å²) >= 11 is 0. The summed E-state index contributed by atoms with van der Waals surface area (Å²) < 4.78 is 35.9. The van der Waals surface area contributed by atoms with Crippen LogP contribution in [0.25, 0.3) is 33.4 Å². The molecule has 7 heteroatoms. The number of rotatable bonds is 8. The molecule has 5 nitrogen and oxygen atoms in total. The predicted molar refractivity (Wildman–Crippen MR) is 148 cm³/mol. The van der Waals surface area contributed by atoms with Crippen molar-refractivity contribution in [3.05, 3.63) is 107 Å². The van der Waals surface area contributed by atoms with Crippen molar-refractivity contribution in [1.29, 1.82) is 0 Å². The molecule has 0 atom stereocenters. The van der Waals surface area contributed by atoms with E-state index in [9.17, 15) is 14.0 Å². The van der Waals surface area contributed by atoms with Crippen molar-refractivity contribution in [3.63, 3.8) is 0 Å². The summed E-state index contributed by atoms with van der Waals surface area (Å²) in [5.41, 5.74) is 3.46. The number of Topliss-reactive ketones (excluding diaryl/α,β-unsaturated/α-hetero) is 2. The molecule has 2 heterocycles. The number of furan rings is 1. The molecule has 0 spiro atoms. The molecule has 1 aliphatic rings. The zero-order valence-corrected chi connectivity index (χ0v) is 22.1. The van der Waals surface area contributed by atoms with Crippen LogP contribution in [0, 0.1) is 18.6 Å². The number of aromatic nitrogens is 2. The minimum Gasteiger partial charge on any atom is -0.455 e. The van der Waals surface area contributed by atoms with Gasteiger partial charge in [-0.05, 0) is 85.5 Å². The van der Waals surface area contributed by atoms with Crippen LogP contribution in [0.1, 0.15) is 64.6 Å². The van der Waals surface area contributed by atoms with Crippen molar-refractivity contribution in [3.8, 4) is 22.5 Å². The lowest BCUT2D eigenvalue weighted by Crippen LogP contribution is -2.16. The highest BCUT2D eigenvalue weighted by molar-refractivity contribution is 6.13. The summed E-state index contributed by atoms with van der Waals surface area (Å²) in [6, 6.07) is 17.8. The fourth-order valence-electron chi connectivity index (χ4n) is 5.36. The molecule has 0 N–H and O–H groups in total. The maximum absolute atomic E-state index is 16.3. The Hall–Kier alpha value is -4.52. The van der Waals surface area contributed by atoms with Crippen LogP contribution < -0.4 is 0 Å². The van der Waals surface area contributed by atoms with Gasteiger partial charge in [-0.1, -0.05) is 19.1 Å². The molecule has 1 saturated carbocycles. The van der Waals surface area contributed by atoms with E-state index in [1.54, 1.807) is 37.4 Å². The first-order valence-electron chi connectivity index (χ1n) is 13.3. The quantitative estimate of drug-likeness (QED) is 0.188. The molecule has 0 unspecified atom stereocenters. The second kappa shape index (κ2) is 9.90. The molecular weight excluding hydrogens is 510 g/mol. The molecule has 0 amide bonds. The first-order valence-corrected chi connectivity index (χ1v) is 13.3. The fourth-order valence-corrected chi connectivity index (χ4v) is 5.36. The van der Waals surface area contributed by atoms with Gasteiger partial charge in [-0.2, -0.15) is 10.2 Å². The third-order valence-corrected chi connectivity index (χ3v) is 7.82. The van der Waals surface area contributed by atoms with Gasteiger partial charge in [0.15, 0.2) is 11.6 Å². The average molecular weight is 537 g/mol. The Labute approximate surface area is 229 Å². The number of carbonyl (C=O) groups is 2. The molecule has 0 radical (unpaired) electrons. The predicted octanol–water partition coefficient (Wildman–Crippen LogP) is 8.04. The van der Waals surface area contributed by atoms with Crippen LogP contribution >= 0.6 is 0 Å². The minimum atomic E-state index is -0.600. The van der Waals surface area contributed by atoms with E-state index in [-0.39, 0.29) is 51.3 Å². The van der Waals surface area contributed by atoms with Gasteiger partial charge in [0.1, 0.15) is 23.0 Å². The maximum Gasteiger partial charge on any atom is 0.167 e. The van der Waals surface area contributed by atoms with Crippen molar-refractivity contribution in [1.82, 2.24) is 10.2 Å². The Kier molecular flexibility index (Phi) is 6.37. The second-order valence-corrected chi connectivity index (χ2v) is 10.4. The van der Waals surface area contributed by atoms with E-state index in [0.717, 1.165) is 24.1 Å². The van der Waals surface area contributed by atoms with Crippen molar-refractivity contribution in [2.45, 2.75) is 44.9 Å². The van der Waals surface area contributed by atoms with E-state index >= 15 is 4.39 Å². The van der Waals surface area contributed by atoms with Crippen molar-refractivity contribution >= 4 is 22.5 Å². The van der Waals surface area contributed by atoms with Crippen molar-refractivity contribution in [2.24, 2.45) is 0 Å². The zero-order valence-electron chi connectivity index (χ0n) is 22.1. The molecule has 2 aromatic heterocycles. The number of carbonyl (C=O) groups excluding carboxylic acids is 2. The summed E-state index contributed by atoms with van der Waals surface area (Å²) in [5.74, 6) is -1.15. The van der Waals surface area contributed by atoms with Crippen LogP contribution in [0.5, 0.6) is 0 Å². The van der Waals surface area contributed by atoms with Crippen LogP contribution in [0.15, 0.2) is 77.3 Å². The van der Waals surface area contributed by atoms with Gasteiger partial charge in [-0.25, -0.2) is 8.78 Å². The maximum atomic E-state index is 16.3. The molecule has 200 valence electrons. The fraction of sp³-hybridized carbons (Fsp3) is 0.212. The van der Waals surface area contributed by atoms with Gasteiger partial charge >= 0.3 is 0 Å². The number of hydrogen-bond acceptors (Lipinski definition) is 5. The highest BCUT2D eigenvalue weighted by Gasteiger charge is 2.47. The second-order valence-electron chi connectivity index (χ2n) is 10.4. The van der Waals surface area contributed by atoms with Gasteiger partial charge < -0.3 is 4.42 Å². The Morgan fingerprint density at radius 2 is 1.73 bits per heavy atom. The molecule has 40 heavy (non-hydrogen) atoms. The smallest absolute Gasteiger partial charge is 0.167 e. The minimum absolute atomic E-state index is 0.0466. The number of benzene rings is 3. The normalized spacial score (nSPS) is 13.9. The standard InChI is InChI=1S/C33H26F2N2O3/c1-3-25(38)29-30-27(40-32(29)20-8-10-22(34)11-9-20)13-12-23(31(30)35)24-17-21(7-6-19(24)2)26(39)18-33(14-15-33)28-5-4-16-36-37-28/h4-13,16-17H,3,14-15,18H2,1-2H3. The highest BCUT2D eigenvalue weighted by atomic mass is 19.1. The molecule has 3 aromatic carbocycles. The third-order valence-electron chi connectivity index (χ3n) is 7.82. The van der Waals surface area contributed by atoms with Gasteiger partial charge in [0, 0.05) is 41.1 Å². The molecule has 1 fully saturated rings. The molecule has 0 aliphatic heterocycles. The number of nitrogens with zero attached hydrogens (tertiary/aromatic N) is 2. The summed E-state index contributed by atoms with van der Waals surface area (Å²) in [6.45, 7) is 3.55. The number of ketones is 2. The third kappa shape index (κ3) is 4.41. The highest BCUT2D eigenvalue weighted by Crippen LogP contribution is 2.50. The monoisotopic (exact) mass is 536 g/mol. The van der Waals surface area contributed by atoms with Crippen molar-refractivity contribution in [2.75, 3.05) is 0 Å². The molecule has 1 aliphatic carbocycles. The van der Waals surface area contributed by atoms with E-state index in [4.69, 9.17) is 4.42 Å². The largest absolute Gasteiger partial charge is 0.455 e. The summed E-state index contributed by atoms with van der Waals surface area (Å²) in [6.07, 6.45) is 3.79. The van der Waals surface area contributed by atoms with Crippen LogP contribution in [0.2, 0.25) is 0 Å². The first-order chi connectivity index (χ1) is 19.3. The lowest BCUT2D eigenvalue weighted by Gasteiger charge is -2.14. The molecule has 0 saturated heterocycles. The van der Waals surface area contributed by atoms with E-state index in [2.05, 4.69) is 10.2 Å². The van der Waals surface area contributed by atoms with Gasteiger partial charge in [-0.3, -0.25) is 9.59 Å². The van der Waals surface area contributed by atoms with E-state index < -0.39 is 11.6 Å². The average Bonchev–Trinajstić information content (AvgIpc) is 3.65. The Balaban J connectivity index is 1.43. The Bertz CT molecular complexity index is 1770. The lowest BCUT2D eigenvalue weighted by atomic mass is 9.89. The van der Waals surface area contributed by atoms with E-state index in [1.807, 2.05) is 25.1 Å². The molecule has 0 bridgehead atoms. The number of hydrogen-bond donors (Lipinski definition) is 0. The number of halogens is 2. The van der Waals surface area contributed by atoms with Crippen LogP contribution in [0.4, 0.5) is 8.78 Å². The molecule has 5 aromatic rings.